The molecule has 0 bridgehead atoms. The van der Waals surface area contributed by atoms with Crippen LogP contribution < -0.4 is 5.32 Å². The van der Waals surface area contributed by atoms with Gasteiger partial charge in [0.05, 0.1) is 22.5 Å². The molecule has 0 spiro atoms. The molecule has 1 amide bonds. The fraction of sp³-hybridized carbons (Fsp3) is 0.533. The average molecular weight is 329 g/mol. The average Bonchev–Trinajstić information content (AvgIpc) is 2.48. The van der Waals surface area contributed by atoms with Gasteiger partial charge in [0.1, 0.15) is 0 Å². The minimum absolute atomic E-state index is 0.0203. The van der Waals surface area contributed by atoms with Gasteiger partial charge in [-0.05, 0) is 11.5 Å². The van der Waals surface area contributed by atoms with Crippen LogP contribution in [0, 0.1) is 16.0 Å². The Bertz CT molecular complexity index is 532. The van der Waals surface area contributed by atoms with Crippen molar-refractivity contribution in [2.45, 2.75) is 39.2 Å². The third kappa shape index (κ3) is 5.27. The van der Waals surface area contributed by atoms with Crippen molar-refractivity contribution < 1.29 is 14.8 Å². The number of hydrogen-bond donors (Lipinski definition) is 2. The molecule has 122 valence electrons. The summed E-state index contributed by atoms with van der Waals surface area (Å²) in [6, 6.07) is 4.01. The summed E-state index contributed by atoms with van der Waals surface area (Å²) in [5.41, 5.74) is 0.403. The molecule has 7 heteroatoms. The number of nitro groups is 1. The van der Waals surface area contributed by atoms with Crippen molar-refractivity contribution in [3.05, 3.63) is 38.9 Å². The number of aliphatic hydroxyl groups is 1. The van der Waals surface area contributed by atoms with Crippen molar-refractivity contribution in [3.63, 3.8) is 0 Å². The van der Waals surface area contributed by atoms with E-state index in [1.807, 2.05) is 13.8 Å². The lowest BCUT2D eigenvalue weighted by Gasteiger charge is -2.20. The molecule has 0 fully saturated rings. The molecule has 0 aliphatic rings. The first-order valence-electron chi connectivity index (χ1n) is 7.26. The quantitative estimate of drug-likeness (QED) is 0.567. The predicted octanol–water partition coefficient (Wildman–Crippen LogP) is 2.70. The molecular formula is C15H21ClN2O4. The molecule has 0 aliphatic heterocycles. The number of nitrogens with zero attached hydrogens (tertiary/aromatic N) is 1. The minimum Gasteiger partial charge on any atom is -0.391 e. The van der Waals surface area contributed by atoms with Crippen molar-refractivity contribution in [1.29, 1.82) is 0 Å². The van der Waals surface area contributed by atoms with E-state index >= 15 is 0 Å². The first-order valence-corrected chi connectivity index (χ1v) is 7.64. The Morgan fingerprint density at radius 2 is 2.05 bits per heavy atom. The number of carbonyl (C=O) groups excluding carboxylic acids is 1. The van der Waals surface area contributed by atoms with Gasteiger partial charge in [-0.25, -0.2) is 0 Å². The molecule has 1 aromatic rings. The monoisotopic (exact) mass is 328 g/mol. The fourth-order valence-electron chi connectivity index (χ4n) is 2.25. The lowest BCUT2D eigenvalue weighted by atomic mass is 9.96. The SMILES string of the molecule is CCC(CC)C(O)CNC(=O)Cc1ccc([N+](=O)[O-])cc1Cl. The second kappa shape index (κ2) is 8.70. The van der Waals surface area contributed by atoms with Crippen molar-refractivity contribution >= 4 is 23.2 Å². The number of halogens is 1. The van der Waals surface area contributed by atoms with Crippen LogP contribution in [0.4, 0.5) is 5.69 Å². The van der Waals surface area contributed by atoms with Crippen LogP contribution in [-0.4, -0.2) is 28.6 Å². The van der Waals surface area contributed by atoms with E-state index in [1.54, 1.807) is 0 Å². The summed E-state index contributed by atoms with van der Waals surface area (Å²) >= 11 is 5.94. The van der Waals surface area contributed by atoms with Gasteiger partial charge in [-0.3, -0.25) is 14.9 Å². The molecule has 6 nitrogen and oxygen atoms in total. The molecule has 0 saturated heterocycles. The zero-order chi connectivity index (χ0) is 16.7. The Labute approximate surface area is 134 Å². The molecule has 1 rings (SSSR count). The maximum atomic E-state index is 11.9. The third-order valence-electron chi connectivity index (χ3n) is 3.70. The highest BCUT2D eigenvalue weighted by Gasteiger charge is 2.17. The molecule has 1 atom stereocenters. The number of nitro benzene ring substituents is 1. The first kappa shape index (κ1) is 18.4. The summed E-state index contributed by atoms with van der Waals surface area (Å²) < 4.78 is 0. The van der Waals surface area contributed by atoms with Crippen LogP contribution in [0.2, 0.25) is 5.02 Å². The smallest absolute Gasteiger partial charge is 0.270 e. The van der Waals surface area contributed by atoms with Gasteiger partial charge in [0, 0.05) is 18.7 Å². The zero-order valence-corrected chi connectivity index (χ0v) is 13.5. The largest absolute Gasteiger partial charge is 0.391 e. The summed E-state index contributed by atoms with van der Waals surface area (Å²) in [7, 11) is 0. The van der Waals surface area contributed by atoms with Gasteiger partial charge in [0.2, 0.25) is 5.91 Å². The van der Waals surface area contributed by atoms with E-state index in [0.717, 1.165) is 12.8 Å². The Morgan fingerprint density at radius 3 is 2.55 bits per heavy atom. The number of carbonyl (C=O) groups is 1. The molecule has 22 heavy (non-hydrogen) atoms. The van der Waals surface area contributed by atoms with Crippen molar-refractivity contribution in [2.24, 2.45) is 5.92 Å². The van der Waals surface area contributed by atoms with Crippen LogP contribution in [0.5, 0.6) is 0 Å². The van der Waals surface area contributed by atoms with E-state index in [0.29, 0.717) is 5.56 Å². The summed E-state index contributed by atoms with van der Waals surface area (Å²) in [5.74, 6) is -0.121. The number of non-ortho nitro benzene ring substituents is 1. The Balaban J connectivity index is 2.57. The zero-order valence-electron chi connectivity index (χ0n) is 12.7. The summed E-state index contributed by atoms with van der Waals surface area (Å²) in [6.07, 6.45) is 1.14. The van der Waals surface area contributed by atoms with Crippen LogP contribution in [0.1, 0.15) is 32.3 Å². The number of aliphatic hydroxyl groups excluding tert-OH is 1. The highest BCUT2D eigenvalue weighted by molar-refractivity contribution is 6.31. The van der Waals surface area contributed by atoms with Gasteiger partial charge < -0.3 is 10.4 Å². The van der Waals surface area contributed by atoms with Crippen molar-refractivity contribution in [3.8, 4) is 0 Å². The van der Waals surface area contributed by atoms with Gasteiger partial charge in [-0.15, -0.1) is 0 Å². The summed E-state index contributed by atoms with van der Waals surface area (Å²) in [6.45, 7) is 4.18. The number of nitrogens with one attached hydrogen (secondary N) is 1. The van der Waals surface area contributed by atoms with Gasteiger partial charge in [0.15, 0.2) is 0 Å². The van der Waals surface area contributed by atoms with E-state index in [4.69, 9.17) is 11.6 Å². The van der Waals surface area contributed by atoms with Crippen LogP contribution in [0.15, 0.2) is 18.2 Å². The maximum Gasteiger partial charge on any atom is 0.270 e. The molecule has 0 saturated carbocycles. The third-order valence-corrected chi connectivity index (χ3v) is 4.05. The van der Waals surface area contributed by atoms with E-state index in [2.05, 4.69) is 5.32 Å². The fourth-order valence-corrected chi connectivity index (χ4v) is 2.49. The predicted molar refractivity (Wildman–Crippen MR) is 84.9 cm³/mol. The molecule has 0 aliphatic carbocycles. The summed E-state index contributed by atoms with van der Waals surface area (Å²) in [5, 5.41) is 23.4. The number of benzene rings is 1. The molecular weight excluding hydrogens is 308 g/mol. The van der Waals surface area contributed by atoms with Crippen molar-refractivity contribution in [1.82, 2.24) is 5.32 Å². The van der Waals surface area contributed by atoms with E-state index in [1.165, 1.54) is 18.2 Å². The van der Waals surface area contributed by atoms with Gasteiger partial charge in [0.25, 0.3) is 5.69 Å². The first-order chi connectivity index (χ1) is 10.4. The highest BCUT2D eigenvalue weighted by Crippen LogP contribution is 2.22. The molecule has 1 unspecified atom stereocenters. The lowest BCUT2D eigenvalue weighted by molar-refractivity contribution is -0.384. The molecule has 2 N–H and O–H groups in total. The minimum atomic E-state index is -0.578. The Morgan fingerprint density at radius 1 is 1.41 bits per heavy atom. The normalized spacial score (nSPS) is 12.2. The molecule has 0 radical (unpaired) electrons. The highest BCUT2D eigenvalue weighted by atomic mass is 35.5. The molecule has 0 heterocycles. The standard InChI is InChI=1S/C15H21ClN2O4/c1-3-10(4-2)14(19)9-17-15(20)7-11-5-6-12(18(21)22)8-13(11)16/h5-6,8,10,14,19H,3-4,7,9H2,1-2H3,(H,17,20). The van der Waals surface area contributed by atoms with E-state index in [-0.39, 0.29) is 35.5 Å². The van der Waals surface area contributed by atoms with Gasteiger partial charge in [-0.1, -0.05) is 44.4 Å². The van der Waals surface area contributed by atoms with E-state index < -0.39 is 11.0 Å². The molecule has 0 aromatic heterocycles. The Hall–Kier alpha value is -1.66. The number of rotatable bonds is 8. The van der Waals surface area contributed by atoms with Crippen LogP contribution >= 0.6 is 11.6 Å². The summed E-state index contributed by atoms with van der Waals surface area (Å²) in [4.78, 5) is 22.0. The van der Waals surface area contributed by atoms with Gasteiger partial charge in [-0.2, -0.15) is 0 Å². The topological polar surface area (TPSA) is 92.5 Å². The van der Waals surface area contributed by atoms with Crippen molar-refractivity contribution in [2.75, 3.05) is 6.54 Å². The van der Waals surface area contributed by atoms with Crippen LogP contribution in [0.3, 0.4) is 0 Å². The molecule has 1 aromatic carbocycles. The second-order valence-electron chi connectivity index (χ2n) is 5.16. The maximum absolute atomic E-state index is 11.9. The lowest BCUT2D eigenvalue weighted by Crippen LogP contribution is -2.36. The van der Waals surface area contributed by atoms with Gasteiger partial charge >= 0.3 is 0 Å². The number of amides is 1. The van der Waals surface area contributed by atoms with Crippen LogP contribution in [-0.2, 0) is 11.2 Å². The number of hydrogen-bond acceptors (Lipinski definition) is 4. The second-order valence-corrected chi connectivity index (χ2v) is 5.56. The Kier molecular flexibility index (Phi) is 7.27. The van der Waals surface area contributed by atoms with E-state index in [9.17, 15) is 20.0 Å². The van der Waals surface area contributed by atoms with Crippen LogP contribution in [0.25, 0.3) is 0 Å².